The molecular weight excluding hydrogens is 327 g/mol. The van der Waals surface area contributed by atoms with Gasteiger partial charge in [0.2, 0.25) is 5.91 Å². The average molecular weight is 352 g/mol. The third-order valence-corrected chi connectivity index (χ3v) is 5.05. The van der Waals surface area contributed by atoms with Gasteiger partial charge in [-0.1, -0.05) is 36.4 Å². The van der Waals surface area contributed by atoms with Gasteiger partial charge in [-0.2, -0.15) is 0 Å². The van der Waals surface area contributed by atoms with Crippen molar-refractivity contribution in [1.82, 2.24) is 10.3 Å². The first-order valence-electron chi connectivity index (χ1n) is 8.88. The lowest BCUT2D eigenvalue weighted by Gasteiger charge is -2.32. The normalized spacial score (nSPS) is 17.9. The first-order chi connectivity index (χ1) is 12.3. The SMILES string of the molecule is CC1(C)OB(c2ccc(CC(=O)NCc3ccccc3)nc2)OC1(C)C. The van der Waals surface area contributed by atoms with Crippen molar-refractivity contribution in [2.24, 2.45) is 0 Å². The summed E-state index contributed by atoms with van der Waals surface area (Å²) < 4.78 is 12.0. The maximum Gasteiger partial charge on any atom is 0.496 e. The molecule has 0 saturated carbocycles. The van der Waals surface area contributed by atoms with Gasteiger partial charge < -0.3 is 14.6 Å². The Morgan fingerprint density at radius 1 is 1.04 bits per heavy atom. The molecule has 3 rings (SSSR count). The van der Waals surface area contributed by atoms with Gasteiger partial charge in [0.05, 0.1) is 17.6 Å². The highest BCUT2D eigenvalue weighted by molar-refractivity contribution is 6.62. The Morgan fingerprint density at radius 3 is 2.27 bits per heavy atom. The van der Waals surface area contributed by atoms with E-state index in [1.807, 2.05) is 70.2 Å². The van der Waals surface area contributed by atoms with E-state index in [0.717, 1.165) is 16.7 Å². The zero-order chi connectivity index (χ0) is 18.8. The van der Waals surface area contributed by atoms with Crippen LogP contribution in [0.5, 0.6) is 0 Å². The predicted octanol–water partition coefficient (Wildman–Crippen LogP) is 2.24. The number of hydrogen-bond acceptors (Lipinski definition) is 4. The van der Waals surface area contributed by atoms with Crippen molar-refractivity contribution < 1.29 is 14.1 Å². The van der Waals surface area contributed by atoms with E-state index in [4.69, 9.17) is 9.31 Å². The average Bonchev–Trinajstić information content (AvgIpc) is 2.82. The number of nitrogens with one attached hydrogen (secondary N) is 1. The van der Waals surface area contributed by atoms with E-state index in [-0.39, 0.29) is 23.5 Å². The molecule has 0 radical (unpaired) electrons. The molecule has 0 bridgehead atoms. The van der Waals surface area contributed by atoms with Crippen LogP contribution in [0.15, 0.2) is 48.7 Å². The van der Waals surface area contributed by atoms with E-state index in [1.54, 1.807) is 6.20 Å². The number of carbonyl (C=O) groups excluding carboxylic acids is 1. The summed E-state index contributed by atoms with van der Waals surface area (Å²) in [5, 5.41) is 2.91. The fourth-order valence-corrected chi connectivity index (χ4v) is 2.68. The molecule has 1 saturated heterocycles. The molecule has 1 amide bonds. The lowest BCUT2D eigenvalue weighted by atomic mass is 9.80. The summed E-state index contributed by atoms with van der Waals surface area (Å²) >= 11 is 0. The molecule has 2 aromatic rings. The maximum atomic E-state index is 12.1. The zero-order valence-corrected chi connectivity index (χ0v) is 15.8. The number of benzene rings is 1. The van der Waals surface area contributed by atoms with Crippen LogP contribution in [-0.2, 0) is 27.1 Å². The van der Waals surface area contributed by atoms with Crippen LogP contribution in [0, 0.1) is 0 Å². The van der Waals surface area contributed by atoms with Crippen LogP contribution in [0.2, 0.25) is 0 Å². The van der Waals surface area contributed by atoms with Gasteiger partial charge >= 0.3 is 7.12 Å². The number of aromatic nitrogens is 1. The fourth-order valence-electron chi connectivity index (χ4n) is 2.68. The van der Waals surface area contributed by atoms with Crippen LogP contribution in [0.3, 0.4) is 0 Å². The van der Waals surface area contributed by atoms with Crippen molar-refractivity contribution in [3.05, 3.63) is 59.9 Å². The molecular formula is C20H25BN2O3. The highest BCUT2D eigenvalue weighted by Gasteiger charge is 2.51. The number of amides is 1. The lowest BCUT2D eigenvalue weighted by molar-refractivity contribution is -0.120. The minimum atomic E-state index is -0.437. The van der Waals surface area contributed by atoms with Crippen LogP contribution < -0.4 is 10.8 Å². The maximum absolute atomic E-state index is 12.1. The molecule has 6 heteroatoms. The monoisotopic (exact) mass is 352 g/mol. The Bertz CT molecular complexity index is 744. The molecule has 1 N–H and O–H groups in total. The van der Waals surface area contributed by atoms with Crippen molar-refractivity contribution >= 4 is 18.5 Å². The third kappa shape index (κ3) is 4.14. The van der Waals surface area contributed by atoms with Gasteiger partial charge in [0.25, 0.3) is 0 Å². The molecule has 1 aromatic heterocycles. The van der Waals surface area contributed by atoms with Gasteiger partial charge in [-0.15, -0.1) is 0 Å². The minimum absolute atomic E-state index is 0.0512. The second-order valence-electron chi connectivity index (χ2n) is 7.61. The summed E-state index contributed by atoms with van der Waals surface area (Å²) in [6.07, 6.45) is 1.97. The van der Waals surface area contributed by atoms with Crippen molar-refractivity contribution in [2.45, 2.75) is 51.9 Å². The molecule has 1 fully saturated rings. The summed E-state index contributed by atoms with van der Waals surface area (Å²) in [6.45, 7) is 8.60. The first kappa shape index (κ1) is 18.6. The smallest absolute Gasteiger partial charge is 0.399 e. The molecule has 26 heavy (non-hydrogen) atoms. The van der Waals surface area contributed by atoms with E-state index in [0.29, 0.717) is 6.54 Å². The molecule has 0 unspecified atom stereocenters. The molecule has 0 atom stereocenters. The Morgan fingerprint density at radius 2 is 1.69 bits per heavy atom. The molecule has 1 aliphatic rings. The summed E-state index contributed by atoms with van der Waals surface area (Å²) in [7, 11) is -0.437. The van der Waals surface area contributed by atoms with Gasteiger partial charge in [0, 0.05) is 23.9 Å². The number of rotatable bonds is 5. The Balaban J connectivity index is 1.56. The topological polar surface area (TPSA) is 60.5 Å². The van der Waals surface area contributed by atoms with Crippen LogP contribution in [0.1, 0.15) is 39.0 Å². The summed E-state index contributed by atoms with van der Waals surface area (Å²) in [5.74, 6) is -0.0512. The highest BCUT2D eigenvalue weighted by Crippen LogP contribution is 2.36. The van der Waals surface area contributed by atoms with E-state index in [2.05, 4.69) is 10.3 Å². The van der Waals surface area contributed by atoms with Gasteiger partial charge in [-0.05, 0) is 39.3 Å². The zero-order valence-electron chi connectivity index (χ0n) is 15.8. The molecule has 1 aromatic carbocycles. The van der Waals surface area contributed by atoms with Gasteiger partial charge in [-0.3, -0.25) is 9.78 Å². The fraction of sp³-hybridized carbons (Fsp3) is 0.400. The van der Waals surface area contributed by atoms with Crippen LogP contribution in [0.25, 0.3) is 0 Å². The van der Waals surface area contributed by atoms with Crippen LogP contribution in [-0.4, -0.2) is 29.2 Å². The van der Waals surface area contributed by atoms with Crippen molar-refractivity contribution in [3.8, 4) is 0 Å². The van der Waals surface area contributed by atoms with Crippen molar-refractivity contribution in [1.29, 1.82) is 0 Å². The second kappa shape index (κ2) is 7.21. The van der Waals surface area contributed by atoms with Crippen molar-refractivity contribution in [3.63, 3.8) is 0 Å². The minimum Gasteiger partial charge on any atom is -0.399 e. The Kier molecular flexibility index (Phi) is 5.16. The number of pyridine rings is 1. The predicted molar refractivity (Wildman–Crippen MR) is 102 cm³/mol. The van der Waals surface area contributed by atoms with E-state index in [9.17, 15) is 4.79 Å². The third-order valence-electron chi connectivity index (χ3n) is 5.05. The van der Waals surface area contributed by atoms with Crippen molar-refractivity contribution in [2.75, 3.05) is 0 Å². The number of carbonyl (C=O) groups is 1. The van der Waals surface area contributed by atoms with Gasteiger partial charge in [0.1, 0.15) is 0 Å². The van der Waals surface area contributed by atoms with Gasteiger partial charge in [-0.25, -0.2) is 0 Å². The molecule has 136 valence electrons. The number of nitrogens with zero attached hydrogens (tertiary/aromatic N) is 1. The molecule has 1 aliphatic heterocycles. The second-order valence-corrected chi connectivity index (χ2v) is 7.61. The Hall–Kier alpha value is -2.18. The highest BCUT2D eigenvalue weighted by atomic mass is 16.7. The quantitative estimate of drug-likeness (QED) is 0.839. The summed E-state index contributed by atoms with van der Waals surface area (Å²) in [5.41, 5.74) is 1.89. The standard InChI is InChI=1S/C20H25BN2O3/c1-19(2)20(3,4)26-21(25-19)16-10-11-17(22-14-16)12-18(24)23-13-15-8-6-5-7-9-15/h5-11,14H,12-13H2,1-4H3,(H,23,24). The van der Waals surface area contributed by atoms with Crippen LogP contribution >= 0.6 is 0 Å². The van der Waals surface area contributed by atoms with E-state index >= 15 is 0 Å². The van der Waals surface area contributed by atoms with E-state index in [1.165, 1.54) is 0 Å². The summed E-state index contributed by atoms with van der Waals surface area (Å²) in [6, 6.07) is 13.6. The summed E-state index contributed by atoms with van der Waals surface area (Å²) in [4.78, 5) is 16.5. The lowest BCUT2D eigenvalue weighted by Crippen LogP contribution is -2.41. The molecule has 0 aliphatic carbocycles. The number of hydrogen-bond donors (Lipinski definition) is 1. The van der Waals surface area contributed by atoms with E-state index < -0.39 is 7.12 Å². The van der Waals surface area contributed by atoms with Gasteiger partial charge in [0.15, 0.2) is 0 Å². The molecule has 5 nitrogen and oxygen atoms in total. The molecule has 0 spiro atoms. The molecule has 2 heterocycles. The Labute approximate surface area is 155 Å². The largest absolute Gasteiger partial charge is 0.496 e. The first-order valence-corrected chi connectivity index (χ1v) is 8.88. The van der Waals surface area contributed by atoms with Crippen LogP contribution in [0.4, 0.5) is 0 Å².